The Kier molecular flexibility index (Phi) is 6.15. The molecule has 1 aromatic carbocycles. The maximum atomic E-state index is 12.3. The van der Waals surface area contributed by atoms with Gasteiger partial charge in [0.15, 0.2) is 0 Å². The van der Waals surface area contributed by atoms with Crippen molar-refractivity contribution in [3.8, 4) is 0 Å². The van der Waals surface area contributed by atoms with Crippen molar-refractivity contribution in [2.45, 2.75) is 26.4 Å². The van der Waals surface area contributed by atoms with E-state index in [4.69, 9.17) is 4.74 Å². The van der Waals surface area contributed by atoms with E-state index in [0.29, 0.717) is 24.8 Å². The van der Waals surface area contributed by atoms with Gasteiger partial charge >= 0.3 is 6.18 Å². The maximum Gasteiger partial charge on any atom is 0.416 e. The Morgan fingerprint density at radius 3 is 2.32 bits per heavy atom. The van der Waals surface area contributed by atoms with Gasteiger partial charge in [-0.1, -0.05) is 13.8 Å². The van der Waals surface area contributed by atoms with Gasteiger partial charge in [-0.3, -0.25) is 0 Å². The number of halogens is 3. The fourth-order valence-corrected chi connectivity index (χ4v) is 1.50. The predicted molar refractivity (Wildman–Crippen MR) is 70.2 cm³/mol. The minimum absolute atomic E-state index is 0.517. The summed E-state index contributed by atoms with van der Waals surface area (Å²) in [5.41, 5.74) is 0.0650. The lowest BCUT2D eigenvalue weighted by atomic mass is 10.2. The highest BCUT2D eigenvalue weighted by Crippen LogP contribution is 2.29. The molecular weight excluding hydrogens is 255 g/mol. The molecule has 0 saturated heterocycles. The van der Waals surface area contributed by atoms with Crippen molar-refractivity contribution in [2.75, 3.05) is 25.1 Å². The van der Waals surface area contributed by atoms with Gasteiger partial charge in [0.25, 0.3) is 0 Å². The molecule has 0 amide bonds. The molecule has 5 heteroatoms. The molecule has 108 valence electrons. The number of hydrogen-bond acceptors (Lipinski definition) is 2. The highest BCUT2D eigenvalue weighted by Gasteiger charge is 2.29. The predicted octanol–water partition coefficient (Wildman–Crippen LogP) is 4.18. The third kappa shape index (κ3) is 6.47. The van der Waals surface area contributed by atoms with Crippen molar-refractivity contribution in [2.24, 2.45) is 5.92 Å². The molecule has 0 aromatic heterocycles. The Hall–Kier alpha value is -1.23. The molecule has 0 aliphatic rings. The number of rotatable bonds is 7. The number of anilines is 1. The van der Waals surface area contributed by atoms with Gasteiger partial charge in [-0.05, 0) is 36.6 Å². The van der Waals surface area contributed by atoms with Crippen LogP contribution in [0.4, 0.5) is 18.9 Å². The van der Waals surface area contributed by atoms with Crippen molar-refractivity contribution in [3.05, 3.63) is 29.8 Å². The van der Waals surface area contributed by atoms with Gasteiger partial charge in [0.2, 0.25) is 0 Å². The molecule has 1 aromatic rings. The lowest BCUT2D eigenvalue weighted by Gasteiger charge is -2.10. The van der Waals surface area contributed by atoms with Crippen molar-refractivity contribution in [1.29, 1.82) is 0 Å². The quantitative estimate of drug-likeness (QED) is 0.754. The molecule has 0 heterocycles. The molecule has 1 N–H and O–H groups in total. The van der Waals surface area contributed by atoms with Crippen LogP contribution in [0.3, 0.4) is 0 Å². The van der Waals surface area contributed by atoms with E-state index in [2.05, 4.69) is 19.2 Å². The average Bonchev–Trinajstić information content (AvgIpc) is 2.32. The molecule has 0 fully saturated rings. The first kappa shape index (κ1) is 15.8. The SMILES string of the molecule is CC(C)COCCCNc1ccc(C(F)(F)F)cc1. The topological polar surface area (TPSA) is 21.3 Å². The van der Waals surface area contributed by atoms with Crippen LogP contribution in [0.1, 0.15) is 25.8 Å². The molecule has 0 radical (unpaired) electrons. The Morgan fingerprint density at radius 1 is 1.16 bits per heavy atom. The number of benzene rings is 1. The molecular formula is C14H20F3NO. The molecule has 1 rings (SSSR count). The third-order valence-electron chi connectivity index (χ3n) is 2.46. The van der Waals surface area contributed by atoms with Crippen molar-refractivity contribution >= 4 is 5.69 Å². The zero-order chi connectivity index (χ0) is 14.3. The van der Waals surface area contributed by atoms with E-state index >= 15 is 0 Å². The zero-order valence-electron chi connectivity index (χ0n) is 11.3. The number of hydrogen-bond donors (Lipinski definition) is 1. The van der Waals surface area contributed by atoms with Crippen molar-refractivity contribution in [3.63, 3.8) is 0 Å². The van der Waals surface area contributed by atoms with E-state index in [1.807, 2.05) is 0 Å². The molecule has 0 bridgehead atoms. The van der Waals surface area contributed by atoms with E-state index in [9.17, 15) is 13.2 Å². The summed E-state index contributed by atoms with van der Waals surface area (Å²) in [7, 11) is 0. The molecule has 0 spiro atoms. The van der Waals surface area contributed by atoms with Crippen LogP contribution in [-0.4, -0.2) is 19.8 Å². The van der Waals surface area contributed by atoms with Gasteiger partial charge in [0.05, 0.1) is 5.56 Å². The molecule has 0 aliphatic heterocycles. The number of alkyl halides is 3. The van der Waals surface area contributed by atoms with E-state index in [-0.39, 0.29) is 0 Å². The molecule has 0 aliphatic carbocycles. The summed E-state index contributed by atoms with van der Waals surface area (Å²) >= 11 is 0. The molecule has 0 atom stereocenters. The third-order valence-corrected chi connectivity index (χ3v) is 2.46. The van der Waals surface area contributed by atoms with E-state index in [0.717, 1.165) is 25.2 Å². The van der Waals surface area contributed by atoms with Gasteiger partial charge in [-0.15, -0.1) is 0 Å². The normalized spacial score (nSPS) is 11.9. The second-order valence-electron chi connectivity index (χ2n) is 4.82. The van der Waals surface area contributed by atoms with Crippen LogP contribution in [0, 0.1) is 5.92 Å². The fraction of sp³-hybridized carbons (Fsp3) is 0.571. The first-order valence-corrected chi connectivity index (χ1v) is 6.38. The highest BCUT2D eigenvalue weighted by atomic mass is 19.4. The summed E-state index contributed by atoms with van der Waals surface area (Å²) < 4.78 is 42.4. The lowest BCUT2D eigenvalue weighted by Crippen LogP contribution is -2.09. The molecule has 0 saturated carbocycles. The Balaban J connectivity index is 2.23. The van der Waals surface area contributed by atoms with Crippen LogP contribution < -0.4 is 5.32 Å². The van der Waals surface area contributed by atoms with Gasteiger partial charge in [0.1, 0.15) is 0 Å². The Morgan fingerprint density at radius 2 is 1.79 bits per heavy atom. The van der Waals surface area contributed by atoms with E-state index in [1.54, 1.807) is 0 Å². The molecule has 2 nitrogen and oxygen atoms in total. The maximum absolute atomic E-state index is 12.3. The standard InChI is InChI=1S/C14H20F3NO/c1-11(2)10-19-9-3-8-18-13-6-4-12(5-7-13)14(15,16)17/h4-7,11,18H,3,8-10H2,1-2H3. The summed E-state index contributed by atoms with van der Waals surface area (Å²) in [5, 5.41) is 3.06. The first-order chi connectivity index (χ1) is 8.89. The fourth-order valence-electron chi connectivity index (χ4n) is 1.50. The molecule has 19 heavy (non-hydrogen) atoms. The zero-order valence-corrected chi connectivity index (χ0v) is 11.3. The summed E-state index contributed by atoms with van der Waals surface area (Å²) in [4.78, 5) is 0. The number of ether oxygens (including phenoxy) is 1. The highest BCUT2D eigenvalue weighted by molar-refractivity contribution is 5.44. The van der Waals surface area contributed by atoms with E-state index in [1.165, 1.54) is 12.1 Å². The minimum atomic E-state index is -4.27. The monoisotopic (exact) mass is 275 g/mol. The van der Waals surface area contributed by atoms with E-state index < -0.39 is 11.7 Å². The largest absolute Gasteiger partial charge is 0.416 e. The molecule has 0 unspecified atom stereocenters. The van der Waals surface area contributed by atoms with Crippen LogP contribution in [0.15, 0.2) is 24.3 Å². The first-order valence-electron chi connectivity index (χ1n) is 6.38. The van der Waals surface area contributed by atoms with Gasteiger partial charge in [0, 0.05) is 25.4 Å². The summed E-state index contributed by atoms with van der Waals surface area (Å²) in [6.07, 6.45) is -3.45. The minimum Gasteiger partial charge on any atom is -0.385 e. The lowest BCUT2D eigenvalue weighted by molar-refractivity contribution is -0.137. The number of nitrogens with one attached hydrogen (secondary N) is 1. The summed E-state index contributed by atoms with van der Waals surface area (Å²) in [6.45, 7) is 6.25. The summed E-state index contributed by atoms with van der Waals surface area (Å²) in [5.74, 6) is 0.517. The second-order valence-corrected chi connectivity index (χ2v) is 4.82. The Labute approximate surface area is 112 Å². The van der Waals surface area contributed by atoms with Crippen LogP contribution in [-0.2, 0) is 10.9 Å². The van der Waals surface area contributed by atoms with Gasteiger partial charge < -0.3 is 10.1 Å². The van der Waals surface area contributed by atoms with Crippen LogP contribution in [0.25, 0.3) is 0 Å². The van der Waals surface area contributed by atoms with Gasteiger partial charge in [-0.2, -0.15) is 13.2 Å². The smallest absolute Gasteiger partial charge is 0.385 e. The van der Waals surface area contributed by atoms with Crippen molar-refractivity contribution in [1.82, 2.24) is 0 Å². The summed E-state index contributed by atoms with van der Waals surface area (Å²) in [6, 6.07) is 5.05. The van der Waals surface area contributed by atoms with Gasteiger partial charge in [-0.25, -0.2) is 0 Å². The van der Waals surface area contributed by atoms with Crippen LogP contribution in [0.5, 0.6) is 0 Å². The van der Waals surface area contributed by atoms with Crippen LogP contribution >= 0.6 is 0 Å². The van der Waals surface area contributed by atoms with Crippen molar-refractivity contribution < 1.29 is 17.9 Å². The Bertz CT molecular complexity index is 360. The average molecular weight is 275 g/mol. The van der Waals surface area contributed by atoms with Crippen LogP contribution in [0.2, 0.25) is 0 Å². The second kappa shape index (κ2) is 7.38.